The quantitative estimate of drug-likeness (QED) is 0.767. The van der Waals surface area contributed by atoms with E-state index in [1.165, 1.54) is 6.08 Å². The summed E-state index contributed by atoms with van der Waals surface area (Å²) in [5.74, 6) is 0. The van der Waals surface area contributed by atoms with Gasteiger partial charge in [-0.3, -0.25) is 0 Å². The van der Waals surface area contributed by atoms with E-state index >= 15 is 0 Å². The lowest BCUT2D eigenvalue weighted by Crippen LogP contribution is -2.48. The molecule has 2 nitrogen and oxygen atoms in total. The number of likely N-dealkylation sites (N-methyl/N-ethyl adjacent to an activating group) is 1. The Balaban J connectivity index is 3.19. The van der Waals surface area contributed by atoms with Crippen molar-refractivity contribution in [1.29, 1.82) is 0 Å². The smallest absolute Gasteiger partial charge is 0.175 e. The first kappa shape index (κ1) is 12.2. The van der Waals surface area contributed by atoms with Gasteiger partial charge < -0.3 is 10.0 Å². The molecule has 0 radical (unpaired) electrons. The van der Waals surface area contributed by atoms with Gasteiger partial charge in [0.05, 0.1) is 10.1 Å². The van der Waals surface area contributed by atoms with E-state index < -0.39 is 5.72 Å². The number of halogens is 3. The topological polar surface area (TPSA) is 23.5 Å². The molecule has 14 heavy (non-hydrogen) atoms. The van der Waals surface area contributed by atoms with Gasteiger partial charge in [0.1, 0.15) is 5.16 Å². The maximum Gasteiger partial charge on any atom is 0.175 e. The van der Waals surface area contributed by atoms with Crippen molar-refractivity contribution in [3.05, 3.63) is 21.3 Å². The Labute approximate surface area is 98.7 Å². The lowest BCUT2D eigenvalue weighted by atomic mass is 10.1. The maximum absolute atomic E-state index is 10.2. The second-order valence-corrected chi connectivity index (χ2v) is 4.22. The summed E-state index contributed by atoms with van der Waals surface area (Å²) in [5.41, 5.74) is -1.22. The van der Waals surface area contributed by atoms with Gasteiger partial charge in [-0.25, -0.2) is 0 Å². The lowest BCUT2D eigenvalue weighted by molar-refractivity contribution is -0.0489. The second-order valence-electron chi connectivity index (χ2n) is 3.05. The van der Waals surface area contributed by atoms with Gasteiger partial charge in [-0.2, -0.15) is 0 Å². The van der Waals surface area contributed by atoms with E-state index in [0.717, 1.165) is 0 Å². The summed E-state index contributed by atoms with van der Waals surface area (Å²) >= 11 is 17.8. The van der Waals surface area contributed by atoms with Crippen molar-refractivity contribution >= 4 is 34.8 Å². The van der Waals surface area contributed by atoms with Gasteiger partial charge in [0, 0.05) is 6.54 Å². The summed E-state index contributed by atoms with van der Waals surface area (Å²) < 4.78 is 0. The Bertz CT molecular complexity index is 300. The molecule has 1 aliphatic heterocycles. The molecule has 0 saturated carbocycles. The lowest BCUT2D eigenvalue weighted by Gasteiger charge is -2.41. The molecule has 0 aliphatic carbocycles. The minimum atomic E-state index is -1.22. The van der Waals surface area contributed by atoms with Crippen molar-refractivity contribution in [1.82, 2.24) is 4.90 Å². The molecule has 1 aliphatic rings. The predicted octanol–water partition coefficient (Wildman–Crippen LogP) is 3.19. The van der Waals surface area contributed by atoms with Crippen LogP contribution in [0.4, 0.5) is 0 Å². The van der Waals surface area contributed by atoms with Gasteiger partial charge in [0.15, 0.2) is 5.72 Å². The molecule has 0 bridgehead atoms. The molecule has 1 N–H and O–H groups in total. The molecule has 0 aromatic rings. The first-order chi connectivity index (χ1) is 6.47. The average molecular weight is 257 g/mol. The minimum absolute atomic E-state index is 0.302. The van der Waals surface area contributed by atoms with Crippen LogP contribution in [0.15, 0.2) is 21.3 Å². The van der Waals surface area contributed by atoms with E-state index in [0.29, 0.717) is 28.2 Å². The molecule has 1 rings (SSSR count). The van der Waals surface area contributed by atoms with E-state index in [-0.39, 0.29) is 0 Å². The zero-order chi connectivity index (χ0) is 10.9. The zero-order valence-electron chi connectivity index (χ0n) is 8.02. The zero-order valence-corrected chi connectivity index (χ0v) is 10.3. The van der Waals surface area contributed by atoms with Gasteiger partial charge in [-0.05, 0) is 19.4 Å². The molecule has 1 atom stereocenters. The van der Waals surface area contributed by atoms with Crippen LogP contribution in [0.3, 0.4) is 0 Å². The van der Waals surface area contributed by atoms with Crippen LogP contribution < -0.4 is 0 Å². The molecule has 1 unspecified atom stereocenters. The van der Waals surface area contributed by atoms with Crippen LogP contribution in [-0.4, -0.2) is 22.3 Å². The van der Waals surface area contributed by atoms with Crippen LogP contribution in [0.1, 0.15) is 20.3 Å². The maximum atomic E-state index is 10.2. The van der Waals surface area contributed by atoms with Gasteiger partial charge in [-0.1, -0.05) is 41.7 Å². The third kappa shape index (κ3) is 1.76. The molecule has 0 aromatic heterocycles. The van der Waals surface area contributed by atoms with Crippen molar-refractivity contribution in [2.45, 2.75) is 26.0 Å². The Hall–Kier alpha value is 0.110. The monoisotopic (exact) mass is 255 g/mol. The van der Waals surface area contributed by atoms with Crippen LogP contribution in [0.5, 0.6) is 0 Å². The molecule has 0 fully saturated rings. The summed E-state index contributed by atoms with van der Waals surface area (Å²) in [7, 11) is 0. The number of hydrogen-bond acceptors (Lipinski definition) is 2. The number of hydrogen-bond donors (Lipinski definition) is 1. The van der Waals surface area contributed by atoms with Crippen molar-refractivity contribution in [2.75, 3.05) is 6.54 Å². The highest BCUT2D eigenvalue weighted by Crippen LogP contribution is 2.39. The molecule has 0 spiro atoms. The Morgan fingerprint density at radius 1 is 1.36 bits per heavy atom. The van der Waals surface area contributed by atoms with E-state index in [4.69, 9.17) is 34.8 Å². The summed E-state index contributed by atoms with van der Waals surface area (Å²) in [6.07, 6.45) is 1.94. The number of rotatable bonds is 2. The highest BCUT2D eigenvalue weighted by Gasteiger charge is 2.39. The number of aliphatic hydroxyl groups is 1. The summed E-state index contributed by atoms with van der Waals surface area (Å²) in [4.78, 5) is 1.58. The summed E-state index contributed by atoms with van der Waals surface area (Å²) in [6.45, 7) is 4.26. The Morgan fingerprint density at radius 3 is 2.36 bits per heavy atom. The van der Waals surface area contributed by atoms with Gasteiger partial charge in [0.25, 0.3) is 0 Å². The van der Waals surface area contributed by atoms with E-state index in [1.54, 1.807) is 4.90 Å². The van der Waals surface area contributed by atoms with Crippen LogP contribution in [-0.2, 0) is 0 Å². The van der Waals surface area contributed by atoms with Crippen LogP contribution >= 0.6 is 34.8 Å². The van der Waals surface area contributed by atoms with Gasteiger partial charge in [0.2, 0.25) is 0 Å². The normalized spacial score (nSPS) is 28.1. The molecule has 1 heterocycles. The summed E-state index contributed by atoms with van der Waals surface area (Å²) in [6, 6.07) is 0. The van der Waals surface area contributed by atoms with E-state index in [2.05, 4.69) is 0 Å². The summed E-state index contributed by atoms with van der Waals surface area (Å²) in [5, 5.41) is 11.2. The van der Waals surface area contributed by atoms with Gasteiger partial charge >= 0.3 is 0 Å². The van der Waals surface area contributed by atoms with Crippen LogP contribution in [0.2, 0.25) is 0 Å². The standard InChI is InChI=1S/C9H12Cl3NO/c1-3-9(14)7(11)5-6(10)8(12)13(9)4-2/h5,14H,3-4H2,1-2H3. The predicted molar refractivity (Wildman–Crippen MR) is 60.3 cm³/mol. The van der Waals surface area contributed by atoms with E-state index in [1.807, 2.05) is 13.8 Å². The van der Waals surface area contributed by atoms with E-state index in [9.17, 15) is 5.11 Å². The fraction of sp³-hybridized carbons (Fsp3) is 0.556. The van der Waals surface area contributed by atoms with Crippen molar-refractivity contribution < 1.29 is 5.11 Å². The van der Waals surface area contributed by atoms with Gasteiger partial charge in [-0.15, -0.1) is 0 Å². The third-order valence-corrected chi connectivity index (χ3v) is 3.53. The first-order valence-corrected chi connectivity index (χ1v) is 5.53. The Kier molecular flexibility index (Phi) is 3.75. The largest absolute Gasteiger partial charge is 0.366 e. The number of allylic oxidation sites excluding steroid dienone is 2. The molecule has 0 saturated heterocycles. The van der Waals surface area contributed by atoms with Crippen molar-refractivity contribution in [2.24, 2.45) is 0 Å². The molecular weight excluding hydrogens is 244 g/mol. The minimum Gasteiger partial charge on any atom is -0.366 e. The molecule has 0 amide bonds. The van der Waals surface area contributed by atoms with Crippen molar-refractivity contribution in [3.63, 3.8) is 0 Å². The van der Waals surface area contributed by atoms with Crippen LogP contribution in [0, 0.1) is 0 Å². The Morgan fingerprint density at radius 2 is 1.93 bits per heavy atom. The fourth-order valence-electron chi connectivity index (χ4n) is 1.47. The fourth-order valence-corrected chi connectivity index (χ4v) is 2.39. The SMILES string of the molecule is CCN1C(Cl)=C(Cl)C=C(Cl)C1(O)CC. The molecule has 0 aromatic carbocycles. The highest BCUT2D eigenvalue weighted by molar-refractivity contribution is 6.41. The second kappa shape index (κ2) is 4.31. The molecule has 80 valence electrons. The third-order valence-electron chi connectivity index (χ3n) is 2.33. The molecule has 5 heteroatoms. The molecular formula is C9H12Cl3NO. The van der Waals surface area contributed by atoms with Crippen LogP contribution in [0.25, 0.3) is 0 Å². The first-order valence-electron chi connectivity index (χ1n) is 4.40. The van der Waals surface area contributed by atoms with Crippen molar-refractivity contribution in [3.8, 4) is 0 Å². The average Bonchev–Trinajstić information content (AvgIpc) is 2.16. The highest BCUT2D eigenvalue weighted by atomic mass is 35.5. The number of nitrogens with zero attached hydrogens (tertiary/aromatic N) is 1.